The number of hydrogen-bond acceptors (Lipinski definition) is 2. The van der Waals surface area contributed by atoms with E-state index in [1.165, 1.54) is 32.1 Å². The molecule has 0 radical (unpaired) electrons. The molecule has 2 fully saturated rings. The molecule has 0 bridgehead atoms. The van der Waals surface area contributed by atoms with Crippen LogP contribution in [0.5, 0.6) is 0 Å². The number of amides is 1. The predicted molar refractivity (Wildman–Crippen MR) is 60.6 cm³/mol. The Morgan fingerprint density at radius 2 is 2.00 bits per heavy atom. The van der Waals surface area contributed by atoms with Crippen LogP contribution in [0.1, 0.15) is 39.0 Å². The fraction of sp³-hybridized carbons (Fsp3) is 0.917. The van der Waals surface area contributed by atoms with Gasteiger partial charge in [0.15, 0.2) is 0 Å². The van der Waals surface area contributed by atoms with Crippen LogP contribution in [0.4, 0.5) is 0 Å². The van der Waals surface area contributed by atoms with Gasteiger partial charge >= 0.3 is 0 Å². The van der Waals surface area contributed by atoms with E-state index in [0.717, 1.165) is 6.54 Å². The molecule has 2 aliphatic rings. The standard InChI is InChI=1S/C12H22N2O/c1-9-5-4-8-14(10-6-3-7-10)12(15)11(9)13-2/h9-11,13H,3-8H2,1-2H3. The minimum absolute atomic E-state index is 0.0492. The molecule has 3 nitrogen and oxygen atoms in total. The van der Waals surface area contributed by atoms with Gasteiger partial charge in [-0.2, -0.15) is 0 Å². The second kappa shape index (κ2) is 4.52. The van der Waals surface area contributed by atoms with Gasteiger partial charge in [-0.15, -0.1) is 0 Å². The van der Waals surface area contributed by atoms with Crippen molar-refractivity contribution in [2.45, 2.75) is 51.1 Å². The van der Waals surface area contributed by atoms with Crippen LogP contribution in [-0.2, 0) is 4.79 Å². The second-order valence-electron chi connectivity index (χ2n) is 5.00. The number of carbonyl (C=O) groups excluding carboxylic acids is 1. The fourth-order valence-corrected chi connectivity index (χ4v) is 2.75. The van der Waals surface area contributed by atoms with Gasteiger partial charge in [0, 0.05) is 12.6 Å². The third-order valence-corrected chi connectivity index (χ3v) is 4.00. The highest BCUT2D eigenvalue weighted by Crippen LogP contribution is 2.29. The quantitative estimate of drug-likeness (QED) is 0.747. The van der Waals surface area contributed by atoms with E-state index in [1.807, 2.05) is 7.05 Å². The molecule has 0 spiro atoms. The van der Waals surface area contributed by atoms with Crippen LogP contribution in [0.15, 0.2) is 0 Å². The molecule has 2 unspecified atom stereocenters. The number of hydrogen-bond donors (Lipinski definition) is 1. The van der Waals surface area contributed by atoms with Crippen molar-refractivity contribution in [3.63, 3.8) is 0 Å². The summed E-state index contributed by atoms with van der Waals surface area (Å²) in [6.07, 6.45) is 6.07. The molecule has 15 heavy (non-hydrogen) atoms. The van der Waals surface area contributed by atoms with E-state index in [4.69, 9.17) is 0 Å². The van der Waals surface area contributed by atoms with Crippen molar-refractivity contribution in [3.8, 4) is 0 Å². The topological polar surface area (TPSA) is 32.3 Å². The van der Waals surface area contributed by atoms with Gasteiger partial charge in [-0.25, -0.2) is 0 Å². The van der Waals surface area contributed by atoms with E-state index >= 15 is 0 Å². The van der Waals surface area contributed by atoms with Gasteiger partial charge in [-0.05, 0) is 45.1 Å². The lowest BCUT2D eigenvalue weighted by molar-refractivity contribution is -0.137. The number of likely N-dealkylation sites (tertiary alicyclic amines) is 1. The van der Waals surface area contributed by atoms with E-state index < -0.39 is 0 Å². The van der Waals surface area contributed by atoms with Crippen molar-refractivity contribution in [2.75, 3.05) is 13.6 Å². The van der Waals surface area contributed by atoms with Crippen LogP contribution in [0.3, 0.4) is 0 Å². The van der Waals surface area contributed by atoms with Gasteiger partial charge in [0.1, 0.15) is 0 Å². The van der Waals surface area contributed by atoms with Gasteiger partial charge in [-0.3, -0.25) is 4.79 Å². The molecule has 1 saturated carbocycles. The first kappa shape index (κ1) is 10.9. The molecule has 1 aliphatic carbocycles. The lowest BCUT2D eigenvalue weighted by Crippen LogP contribution is -2.52. The van der Waals surface area contributed by atoms with Crippen molar-refractivity contribution in [1.82, 2.24) is 10.2 Å². The highest BCUT2D eigenvalue weighted by atomic mass is 16.2. The van der Waals surface area contributed by atoms with E-state index in [-0.39, 0.29) is 6.04 Å². The Kier molecular flexibility index (Phi) is 3.29. The summed E-state index contributed by atoms with van der Waals surface area (Å²) in [5, 5.41) is 3.19. The van der Waals surface area contributed by atoms with Crippen molar-refractivity contribution in [1.29, 1.82) is 0 Å². The maximum Gasteiger partial charge on any atom is 0.240 e. The molecule has 3 heteroatoms. The summed E-state index contributed by atoms with van der Waals surface area (Å²) in [4.78, 5) is 14.4. The Bertz CT molecular complexity index is 238. The van der Waals surface area contributed by atoms with Crippen LogP contribution in [0, 0.1) is 5.92 Å². The van der Waals surface area contributed by atoms with Crippen LogP contribution in [0.25, 0.3) is 0 Å². The zero-order valence-corrected chi connectivity index (χ0v) is 9.83. The summed E-state index contributed by atoms with van der Waals surface area (Å²) < 4.78 is 0. The zero-order valence-electron chi connectivity index (χ0n) is 9.83. The molecule has 0 aromatic carbocycles. The largest absolute Gasteiger partial charge is 0.338 e. The van der Waals surface area contributed by atoms with Crippen LogP contribution in [0.2, 0.25) is 0 Å². The Labute approximate surface area is 92.2 Å². The molecule has 1 amide bonds. The third kappa shape index (κ3) is 2.03. The first-order chi connectivity index (χ1) is 7.24. The van der Waals surface area contributed by atoms with E-state index in [0.29, 0.717) is 17.9 Å². The molecule has 2 atom stereocenters. The highest BCUT2D eigenvalue weighted by Gasteiger charge is 2.36. The summed E-state index contributed by atoms with van der Waals surface area (Å²) in [5.41, 5.74) is 0. The van der Waals surface area contributed by atoms with Crippen molar-refractivity contribution >= 4 is 5.91 Å². The lowest BCUT2D eigenvalue weighted by atomic mass is 9.90. The Morgan fingerprint density at radius 1 is 1.27 bits per heavy atom. The minimum Gasteiger partial charge on any atom is -0.338 e. The Hall–Kier alpha value is -0.570. The normalized spacial score (nSPS) is 33.7. The minimum atomic E-state index is 0.0492. The predicted octanol–water partition coefficient (Wildman–Crippen LogP) is 1.39. The summed E-state index contributed by atoms with van der Waals surface area (Å²) in [5.74, 6) is 0.819. The average Bonchev–Trinajstić information content (AvgIpc) is 2.25. The first-order valence-electron chi connectivity index (χ1n) is 6.21. The lowest BCUT2D eigenvalue weighted by Gasteiger charge is -2.38. The smallest absolute Gasteiger partial charge is 0.240 e. The van der Waals surface area contributed by atoms with Gasteiger partial charge in [0.05, 0.1) is 6.04 Å². The van der Waals surface area contributed by atoms with Crippen LogP contribution < -0.4 is 5.32 Å². The van der Waals surface area contributed by atoms with Gasteiger partial charge < -0.3 is 10.2 Å². The molecular formula is C12H22N2O. The summed E-state index contributed by atoms with van der Waals surface area (Å²) in [6.45, 7) is 3.16. The second-order valence-corrected chi connectivity index (χ2v) is 5.00. The highest BCUT2D eigenvalue weighted by molar-refractivity contribution is 5.82. The Balaban J connectivity index is 2.07. The summed E-state index contributed by atoms with van der Waals surface area (Å²) in [6, 6.07) is 0.603. The number of carbonyl (C=O) groups is 1. The first-order valence-corrected chi connectivity index (χ1v) is 6.21. The number of nitrogens with zero attached hydrogens (tertiary/aromatic N) is 1. The van der Waals surface area contributed by atoms with E-state index in [2.05, 4.69) is 17.1 Å². The SMILES string of the molecule is CNC1C(=O)N(C2CCC2)CCCC1C. The average molecular weight is 210 g/mol. The molecule has 0 aromatic rings. The summed E-state index contributed by atoms with van der Waals surface area (Å²) in [7, 11) is 1.91. The van der Waals surface area contributed by atoms with E-state index in [1.54, 1.807) is 0 Å². The number of rotatable bonds is 2. The molecule has 0 aromatic heterocycles. The molecule has 2 rings (SSSR count). The van der Waals surface area contributed by atoms with Gasteiger partial charge in [0.25, 0.3) is 0 Å². The van der Waals surface area contributed by atoms with Crippen LogP contribution in [-0.4, -0.2) is 36.5 Å². The van der Waals surface area contributed by atoms with Crippen LogP contribution >= 0.6 is 0 Å². The van der Waals surface area contributed by atoms with Crippen molar-refractivity contribution in [3.05, 3.63) is 0 Å². The zero-order chi connectivity index (χ0) is 10.8. The number of likely N-dealkylation sites (N-methyl/N-ethyl adjacent to an activating group) is 1. The monoisotopic (exact) mass is 210 g/mol. The molecule has 1 saturated heterocycles. The molecule has 1 heterocycles. The van der Waals surface area contributed by atoms with E-state index in [9.17, 15) is 4.79 Å². The van der Waals surface area contributed by atoms with Crippen molar-refractivity contribution in [2.24, 2.45) is 5.92 Å². The van der Waals surface area contributed by atoms with Crippen molar-refractivity contribution < 1.29 is 4.79 Å². The molecule has 1 N–H and O–H groups in total. The molecular weight excluding hydrogens is 188 g/mol. The molecule has 1 aliphatic heterocycles. The maximum absolute atomic E-state index is 12.3. The van der Waals surface area contributed by atoms with Gasteiger partial charge in [-0.1, -0.05) is 6.92 Å². The number of nitrogens with one attached hydrogen (secondary N) is 1. The maximum atomic E-state index is 12.3. The fourth-order valence-electron chi connectivity index (χ4n) is 2.75. The molecule has 86 valence electrons. The Morgan fingerprint density at radius 3 is 2.53 bits per heavy atom. The third-order valence-electron chi connectivity index (χ3n) is 4.00. The van der Waals surface area contributed by atoms with Gasteiger partial charge in [0.2, 0.25) is 5.91 Å². The summed E-state index contributed by atoms with van der Waals surface area (Å²) >= 11 is 0.